The molecule has 0 bridgehead atoms. The Balaban J connectivity index is 1.20. The first-order chi connectivity index (χ1) is 17.2. The number of rotatable bonds is 6. The van der Waals surface area contributed by atoms with Crippen LogP contribution in [0.25, 0.3) is 10.8 Å². The molecule has 1 N–H and O–H groups in total. The molecule has 0 aromatic heterocycles. The van der Waals surface area contributed by atoms with Crippen LogP contribution in [0.1, 0.15) is 39.0 Å². The molecule has 0 radical (unpaired) electrons. The van der Waals surface area contributed by atoms with Crippen LogP contribution in [-0.2, 0) is 19.6 Å². The predicted octanol–water partition coefficient (Wildman–Crippen LogP) is 2.85. The summed E-state index contributed by atoms with van der Waals surface area (Å²) in [6, 6.07) is 9.08. The third-order valence-electron chi connectivity index (χ3n) is 7.88. The molecule has 10 heteroatoms. The summed E-state index contributed by atoms with van der Waals surface area (Å²) in [4.78, 5) is 32.3. The van der Waals surface area contributed by atoms with Gasteiger partial charge in [-0.05, 0) is 87.2 Å². The van der Waals surface area contributed by atoms with E-state index in [9.17, 15) is 18.0 Å². The van der Waals surface area contributed by atoms with E-state index >= 15 is 0 Å². The lowest BCUT2D eigenvalue weighted by Gasteiger charge is -2.38. The number of halogens is 1. The molecule has 36 heavy (non-hydrogen) atoms. The topological polar surface area (TPSA) is 90.0 Å². The highest BCUT2D eigenvalue weighted by Crippen LogP contribution is 2.25. The smallest absolute Gasteiger partial charge is 0.245 e. The molecular formula is C26H33ClN4O4S. The molecule has 0 aliphatic carbocycles. The first kappa shape index (κ1) is 25.4. The molecule has 2 atom stereocenters. The lowest BCUT2D eigenvalue weighted by atomic mass is 10.0. The van der Waals surface area contributed by atoms with Crippen molar-refractivity contribution < 1.29 is 18.0 Å². The molecule has 1 unspecified atom stereocenters. The Bertz CT molecular complexity index is 1260. The number of nitrogens with zero attached hydrogens (tertiary/aromatic N) is 3. The zero-order valence-electron chi connectivity index (χ0n) is 20.5. The maximum atomic E-state index is 13.2. The van der Waals surface area contributed by atoms with Gasteiger partial charge in [-0.15, -0.1) is 0 Å². The number of nitrogens with one attached hydrogen (secondary N) is 1. The normalized spacial score (nSPS) is 23.1. The van der Waals surface area contributed by atoms with Gasteiger partial charge in [-0.2, -0.15) is 4.72 Å². The number of fused-ring (bicyclic) bond motifs is 1. The number of likely N-dealkylation sites (tertiary alicyclic amines) is 3. The molecular weight excluding hydrogens is 500 g/mol. The molecule has 8 nitrogen and oxygen atoms in total. The molecule has 2 amide bonds. The zero-order chi connectivity index (χ0) is 25.4. The van der Waals surface area contributed by atoms with Crippen molar-refractivity contribution >= 4 is 44.2 Å². The van der Waals surface area contributed by atoms with Crippen molar-refractivity contribution in [3.05, 3.63) is 41.4 Å². The highest BCUT2D eigenvalue weighted by Gasteiger charge is 2.40. The minimum atomic E-state index is -3.91. The van der Waals surface area contributed by atoms with Crippen molar-refractivity contribution in [1.82, 2.24) is 19.4 Å². The summed E-state index contributed by atoms with van der Waals surface area (Å²) in [5.41, 5.74) is 0. The van der Waals surface area contributed by atoms with E-state index < -0.39 is 22.1 Å². The number of hydrogen-bond acceptors (Lipinski definition) is 5. The van der Waals surface area contributed by atoms with E-state index in [0.29, 0.717) is 37.1 Å². The number of benzene rings is 2. The van der Waals surface area contributed by atoms with Crippen LogP contribution < -0.4 is 4.72 Å². The zero-order valence-corrected chi connectivity index (χ0v) is 22.1. The second kappa shape index (κ2) is 10.3. The van der Waals surface area contributed by atoms with Gasteiger partial charge in [-0.1, -0.05) is 23.7 Å². The standard InChI is InChI=1S/C26H33ClN4O4S/c1-18(25(32)30-13-8-22(9-14-30)29-11-2-3-12-29)31-15-10-24(26(31)33)28-36(34,35)23-7-5-19-16-21(27)6-4-20(19)17-23/h4-7,16-18,22,24,28H,2-3,8-15H2,1H3/t18-,24?/m0/s1. The minimum absolute atomic E-state index is 0.0556. The van der Waals surface area contributed by atoms with E-state index in [1.165, 1.54) is 23.8 Å². The third kappa shape index (κ3) is 5.11. The van der Waals surface area contributed by atoms with Crippen LogP contribution >= 0.6 is 11.6 Å². The van der Waals surface area contributed by atoms with E-state index in [0.717, 1.165) is 36.7 Å². The SMILES string of the molecule is C[C@@H](C(=O)N1CCC(N2CCCC2)CC1)N1CCC(NS(=O)(=O)c2ccc3cc(Cl)ccc3c2)C1=O. The molecule has 3 heterocycles. The molecule has 2 aromatic rings. The van der Waals surface area contributed by atoms with Crippen molar-refractivity contribution in [3.63, 3.8) is 0 Å². The van der Waals surface area contributed by atoms with Crippen molar-refractivity contribution in [2.45, 2.75) is 62.0 Å². The van der Waals surface area contributed by atoms with Gasteiger partial charge in [-0.25, -0.2) is 8.42 Å². The second-order valence-electron chi connectivity index (χ2n) is 10.1. The summed E-state index contributed by atoms with van der Waals surface area (Å²) in [5.74, 6) is -0.404. The highest BCUT2D eigenvalue weighted by molar-refractivity contribution is 7.89. The third-order valence-corrected chi connectivity index (χ3v) is 9.58. The predicted molar refractivity (Wildman–Crippen MR) is 139 cm³/mol. The lowest BCUT2D eigenvalue weighted by Crippen LogP contribution is -2.53. The van der Waals surface area contributed by atoms with Gasteiger partial charge in [0.1, 0.15) is 12.1 Å². The van der Waals surface area contributed by atoms with Crippen LogP contribution in [0, 0.1) is 0 Å². The average molecular weight is 533 g/mol. The fraction of sp³-hybridized carbons (Fsp3) is 0.538. The molecule has 3 aliphatic rings. The molecule has 5 rings (SSSR count). The molecule has 2 aromatic carbocycles. The summed E-state index contributed by atoms with van der Waals surface area (Å²) < 4.78 is 28.7. The number of carbonyl (C=O) groups excluding carboxylic acids is 2. The summed E-state index contributed by atoms with van der Waals surface area (Å²) in [6.45, 7) is 5.81. The summed E-state index contributed by atoms with van der Waals surface area (Å²) in [7, 11) is -3.91. The molecule has 194 valence electrons. The van der Waals surface area contributed by atoms with Gasteiger partial charge in [0.2, 0.25) is 21.8 Å². The Morgan fingerprint density at radius 3 is 2.36 bits per heavy atom. The number of piperidine rings is 1. The Morgan fingerprint density at radius 2 is 1.64 bits per heavy atom. The number of amides is 2. The Kier molecular flexibility index (Phi) is 7.27. The maximum Gasteiger partial charge on any atom is 0.245 e. The summed E-state index contributed by atoms with van der Waals surface area (Å²) >= 11 is 6.02. The Morgan fingerprint density at radius 1 is 0.972 bits per heavy atom. The molecule has 0 saturated carbocycles. The van der Waals surface area contributed by atoms with Gasteiger partial charge < -0.3 is 14.7 Å². The molecule has 0 spiro atoms. The van der Waals surface area contributed by atoms with Crippen molar-refractivity contribution in [1.29, 1.82) is 0 Å². The van der Waals surface area contributed by atoms with E-state index in [1.54, 1.807) is 37.3 Å². The van der Waals surface area contributed by atoms with Crippen LogP contribution in [0.15, 0.2) is 41.3 Å². The van der Waals surface area contributed by atoms with Crippen LogP contribution in [0.3, 0.4) is 0 Å². The molecule has 3 aliphatic heterocycles. The van der Waals surface area contributed by atoms with Crippen LogP contribution in [0.2, 0.25) is 5.02 Å². The van der Waals surface area contributed by atoms with E-state index in [-0.39, 0.29) is 16.7 Å². The van der Waals surface area contributed by atoms with Gasteiger partial charge >= 0.3 is 0 Å². The quantitative estimate of drug-likeness (QED) is 0.618. The van der Waals surface area contributed by atoms with Crippen LogP contribution in [0.4, 0.5) is 0 Å². The Hall–Kier alpha value is -2.20. The van der Waals surface area contributed by atoms with Gasteiger partial charge in [-0.3, -0.25) is 9.59 Å². The van der Waals surface area contributed by atoms with Gasteiger partial charge in [0.05, 0.1) is 4.90 Å². The van der Waals surface area contributed by atoms with E-state index in [1.807, 2.05) is 4.90 Å². The van der Waals surface area contributed by atoms with Crippen molar-refractivity contribution in [2.24, 2.45) is 0 Å². The van der Waals surface area contributed by atoms with Crippen LogP contribution in [0.5, 0.6) is 0 Å². The highest BCUT2D eigenvalue weighted by atomic mass is 35.5. The summed E-state index contributed by atoms with van der Waals surface area (Å²) in [6.07, 6.45) is 4.78. The second-order valence-corrected chi connectivity index (χ2v) is 12.3. The first-order valence-electron chi connectivity index (χ1n) is 12.8. The van der Waals surface area contributed by atoms with E-state index in [2.05, 4.69) is 9.62 Å². The number of carbonyl (C=O) groups is 2. The summed E-state index contributed by atoms with van der Waals surface area (Å²) in [5, 5.41) is 2.16. The lowest BCUT2D eigenvalue weighted by molar-refractivity contribution is -0.144. The number of sulfonamides is 1. The first-order valence-corrected chi connectivity index (χ1v) is 14.6. The maximum absolute atomic E-state index is 13.2. The fourth-order valence-corrected chi connectivity index (χ4v) is 7.21. The van der Waals surface area contributed by atoms with Gasteiger partial charge in [0.25, 0.3) is 0 Å². The van der Waals surface area contributed by atoms with Crippen molar-refractivity contribution in [3.8, 4) is 0 Å². The average Bonchev–Trinajstić information content (AvgIpc) is 3.53. The largest absolute Gasteiger partial charge is 0.341 e. The van der Waals surface area contributed by atoms with Gasteiger partial charge in [0, 0.05) is 30.7 Å². The number of hydrogen-bond donors (Lipinski definition) is 1. The minimum Gasteiger partial charge on any atom is -0.341 e. The van der Waals surface area contributed by atoms with Crippen LogP contribution in [-0.4, -0.2) is 85.8 Å². The Labute approximate surface area is 217 Å². The monoisotopic (exact) mass is 532 g/mol. The van der Waals surface area contributed by atoms with Gasteiger partial charge in [0.15, 0.2) is 0 Å². The van der Waals surface area contributed by atoms with Crippen molar-refractivity contribution in [2.75, 3.05) is 32.7 Å². The molecule has 3 saturated heterocycles. The van der Waals surface area contributed by atoms with E-state index in [4.69, 9.17) is 11.6 Å². The fourth-order valence-electron chi connectivity index (χ4n) is 5.77. The molecule has 3 fully saturated rings.